The number of halogens is 7. The quantitative estimate of drug-likeness (QED) is 0.0486. The minimum absolute atomic E-state index is 0. The minimum atomic E-state index is -0.703. The van der Waals surface area contributed by atoms with Gasteiger partial charge in [-0.3, -0.25) is 24.4 Å². The first-order valence-electron chi connectivity index (χ1n) is 12.2. The molecule has 0 unspecified atom stereocenters. The van der Waals surface area contributed by atoms with E-state index in [9.17, 15) is 19.5 Å². The normalized spacial score (nSPS) is 9.18. The van der Waals surface area contributed by atoms with Crippen LogP contribution in [0.1, 0.15) is 17.6 Å². The number of H-pyrrole nitrogens is 1. The van der Waals surface area contributed by atoms with Crippen molar-refractivity contribution in [2.45, 2.75) is 6.42 Å². The van der Waals surface area contributed by atoms with Crippen LogP contribution in [0.15, 0.2) is 54.1 Å². The number of esters is 1. The standard InChI is InChI=1S/C13H10Cl2N4O3.C12H6Cl2N4O2.CH2O3.I2.HI.2K.H/c1-22-13(21)11-12(17-3-2-16-11)19-10(20)5-9-8(15)4-7(14)6-18-9;13-5-3-6(14)8(17-4-5)7-10(19)9-11(18-12(7)20)16-2-1-15-9;2-1-4-3;1-2;;;;/h2-4,6H,5H2,1H3,(H,17,19,20);1-4H,(H2,16,18,19,20);1,3H;;1H;;;/q;;;;;2*+1;-1/p-1. The third kappa shape index (κ3) is 17.0. The molecule has 0 radical (unpaired) electrons. The van der Waals surface area contributed by atoms with Gasteiger partial charge < -0.3 is 31.7 Å². The van der Waals surface area contributed by atoms with Crippen molar-refractivity contribution in [2.24, 2.45) is 0 Å². The molecule has 0 saturated heterocycles. The number of pyridine rings is 3. The van der Waals surface area contributed by atoms with E-state index in [0.717, 1.165) is 0 Å². The van der Waals surface area contributed by atoms with Crippen molar-refractivity contribution in [1.82, 2.24) is 34.9 Å². The molecule has 0 fully saturated rings. The van der Waals surface area contributed by atoms with Crippen LogP contribution < -0.4 is 119 Å². The topological polar surface area (TPSA) is 235 Å². The number of hydrogen-bond acceptors (Lipinski definition) is 14. The van der Waals surface area contributed by atoms with Crippen LogP contribution in [0.5, 0.6) is 5.75 Å². The zero-order valence-corrected chi connectivity index (χ0v) is 42.0. The van der Waals surface area contributed by atoms with Gasteiger partial charge in [0.2, 0.25) is 5.91 Å². The zero-order chi connectivity index (χ0) is 35.8. The summed E-state index contributed by atoms with van der Waals surface area (Å²) in [6.45, 7) is -0.181. The monoisotopic (exact) mass is 1170 g/mol. The number of nitrogens with zero attached hydrogens (tertiary/aromatic N) is 6. The van der Waals surface area contributed by atoms with E-state index in [1.165, 1.54) is 56.4 Å². The Morgan fingerprint density at radius 2 is 1.51 bits per heavy atom. The van der Waals surface area contributed by atoms with Crippen LogP contribution in [-0.2, 0) is 25.6 Å². The Balaban J connectivity index is -0.000000753. The van der Waals surface area contributed by atoms with Gasteiger partial charge in [0, 0.05) is 74.4 Å². The van der Waals surface area contributed by atoms with E-state index in [2.05, 4.69) is 87.1 Å². The molecule has 5 rings (SSSR count). The van der Waals surface area contributed by atoms with Gasteiger partial charge in [-0.1, -0.05) is 46.4 Å². The van der Waals surface area contributed by atoms with Crippen LogP contribution in [-0.4, -0.2) is 65.5 Å². The van der Waals surface area contributed by atoms with E-state index < -0.39 is 17.4 Å². The van der Waals surface area contributed by atoms with Gasteiger partial charge in [0.15, 0.2) is 22.9 Å². The molecule has 262 valence electrons. The number of anilines is 1. The van der Waals surface area contributed by atoms with Crippen molar-refractivity contribution in [3.8, 4) is 17.0 Å². The van der Waals surface area contributed by atoms with E-state index in [1.807, 2.05) is 0 Å². The largest absolute Gasteiger partial charge is 1.00 e. The van der Waals surface area contributed by atoms with Crippen LogP contribution in [0.2, 0.25) is 20.1 Å². The third-order valence-electron chi connectivity index (χ3n) is 5.25. The molecule has 5 aromatic rings. The van der Waals surface area contributed by atoms with Crippen LogP contribution in [0, 0.1) is 0 Å². The van der Waals surface area contributed by atoms with Gasteiger partial charge in [-0.2, -0.15) is 0 Å². The fourth-order valence-corrected chi connectivity index (χ4v) is 4.32. The second-order valence-electron chi connectivity index (χ2n) is 8.16. The summed E-state index contributed by atoms with van der Waals surface area (Å²) in [5.74, 6) is -1.48. The van der Waals surface area contributed by atoms with Crippen molar-refractivity contribution in [1.29, 1.82) is 0 Å². The van der Waals surface area contributed by atoms with Crippen molar-refractivity contribution >= 4 is 143 Å². The number of nitrogens with one attached hydrogen (secondary N) is 2. The molecule has 5 heterocycles. The minimum Gasteiger partial charge on any atom is -1.00 e. The van der Waals surface area contributed by atoms with Crippen LogP contribution in [0.25, 0.3) is 22.4 Å². The average Bonchev–Trinajstić information content (AvgIpc) is 3.08. The number of amides is 1. The van der Waals surface area contributed by atoms with Crippen molar-refractivity contribution in [2.75, 3.05) is 12.4 Å². The maximum atomic E-state index is 12.1. The van der Waals surface area contributed by atoms with Gasteiger partial charge in [-0.15, -0.1) is 24.0 Å². The molecule has 0 aliphatic carbocycles. The molecular formula is C26H19Cl4I3K2N8O8. The number of aromatic nitrogens is 7. The average molecular weight is 1170 g/mol. The smallest absolute Gasteiger partial charge is 1.00 e. The second-order valence-corrected chi connectivity index (χ2v) is 9.85. The van der Waals surface area contributed by atoms with E-state index in [4.69, 9.17) is 56.5 Å². The number of methoxy groups -OCH3 is 1. The number of carbonyl (C=O) groups is 3. The second kappa shape index (κ2) is 28.8. The van der Waals surface area contributed by atoms with Gasteiger partial charge in [0.05, 0.1) is 45.0 Å². The number of aromatic amines is 1. The van der Waals surface area contributed by atoms with E-state index in [-0.39, 0.29) is 191 Å². The van der Waals surface area contributed by atoms with E-state index in [0.29, 0.717) is 15.7 Å². The summed E-state index contributed by atoms with van der Waals surface area (Å²) in [5, 5.41) is 22.3. The summed E-state index contributed by atoms with van der Waals surface area (Å²) in [6.07, 6.45) is 8.09. The molecule has 16 nitrogen and oxygen atoms in total. The summed E-state index contributed by atoms with van der Waals surface area (Å²) < 4.78 is 4.57. The summed E-state index contributed by atoms with van der Waals surface area (Å²) in [4.78, 5) is 73.0. The SMILES string of the molecule is COC(=O)c1nccnc1NC(=O)Cc1ncc(Cl)cc1Cl.I.II.O=CO[O-].O=c1[nH]c2nccnc2c(O)c1-c1ncc(Cl)cc1Cl.[H-].[K+].[K+]. The molecule has 0 aliphatic heterocycles. The first kappa shape index (κ1) is 53.6. The molecule has 0 atom stereocenters. The van der Waals surface area contributed by atoms with Gasteiger partial charge >= 0.3 is 109 Å². The summed E-state index contributed by atoms with van der Waals surface area (Å²) in [5.41, 5.74) is 0.105. The predicted octanol–water partition coefficient (Wildman–Crippen LogP) is -0.517. The van der Waals surface area contributed by atoms with Crippen LogP contribution >= 0.6 is 108 Å². The Kier molecular flexibility index (Phi) is 30.3. The zero-order valence-electron chi connectivity index (χ0n) is 27.1. The Bertz CT molecular complexity index is 1980. The molecule has 25 heteroatoms. The molecule has 0 bridgehead atoms. The van der Waals surface area contributed by atoms with Crippen molar-refractivity contribution in [3.63, 3.8) is 0 Å². The summed E-state index contributed by atoms with van der Waals surface area (Å²) in [6, 6.07) is 2.92. The molecule has 5 aromatic heterocycles. The molecule has 0 aromatic carbocycles. The third-order valence-corrected chi connectivity index (χ3v) is 6.28. The van der Waals surface area contributed by atoms with Crippen LogP contribution in [0.3, 0.4) is 0 Å². The maximum Gasteiger partial charge on any atom is 1.00 e. The van der Waals surface area contributed by atoms with E-state index in [1.54, 1.807) is 0 Å². The Morgan fingerprint density at radius 1 is 0.961 bits per heavy atom. The maximum absolute atomic E-state index is 12.1. The Hall–Kier alpha value is 0.463. The van der Waals surface area contributed by atoms with Crippen LogP contribution in [0.4, 0.5) is 5.82 Å². The number of rotatable bonds is 6. The number of aromatic hydroxyl groups is 1. The number of ether oxygens (including phenoxy) is 1. The number of fused-ring (bicyclic) bond motifs is 1. The van der Waals surface area contributed by atoms with E-state index >= 15 is 0 Å². The van der Waals surface area contributed by atoms with Gasteiger partial charge in [0.25, 0.3) is 12.0 Å². The number of hydrogen-bond donors (Lipinski definition) is 3. The Labute approximate surface area is 435 Å². The van der Waals surface area contributed by atoms with Crippen molar-refractivity contribution in [3.05, 3.63) is 91.1 Å². The molecule has 3 N–H and O–H groups in total. The molecule has 1 amide bonds. The fraction of sp³-hybridized carbons (Fsp3) is 0.0769. The summed E-state index contributed by atoms with van der Waals surface area (Å²) >= 11 is 27.7. The first-order valence-corrected chi connectivity index (χ1v) is 20.0. The fourth-order valence-electron chi connectivity index (χ4n) is 3.39. The molecule has 0 aliphatic rings. The van der Waals surface area contributed by atoms with Gasteiger partial charge in [-0.25, -0.2) is 24.7 Å². The molecule has 0 spiro atoms. The van der Waals surface area contributed by atoms with Gasteiger partial charge in [0.1, 0.15) is 11.1 Å². The predicted molar refractivity (Wildman–Crippen MR) is 207 cm³/mol. The Morgan fingerprint density at radius 3 is 2.08 bits per heavy atom. The van der Waals surface area contributed by atoms with Gasteiger partial charge in [-0.05, 0) is 12.1 Å². The molecule has 51 heavy (non-hydrogen) atoms. The molecular weight excluding hydrogens is 1150 g/mol. The number of carbonyl (C=O) groups excluding carboxylic acids is 3. The molecule has 0 saturated carbocycles. The summed E-state index contributed by atoms with van der Waals surface area (Å²) in [7, 11) is 1.21. The van der Waals surface area contributed by atoms with Crippen molar-refractivity contribution < 1.29 is 139 Å². The first-order chi connectivity index (χ1) is 23.0.